The lowest BCUT2D eigenvalue weighted by Crippen LogP contribution is -2.40. The largest absolute Gasteiger partial charge is 0.543 e. The van der Waals surface area contributed by atoms with Crippen molar-refractivity contribution in [3.05, 3.63) is 71.8 Å². The van der Waals surface area contributed by atoms with Crippen LogP contribution < -0.4 is 4.74 Å². The molecule has 0 saturated carbocycles. The maximum atomic E-state index is 6.63. The van der Waals surface area contributed by atoms with Crippen LogP contribution in [-0.4, -0.2) is 15.4 Å². The van der Waals surface area contributed by atoms with Crippen LogP contribution in [0, 0.1) is 0 Å². The number of ether oxygens (including phenoxy) is 1. The molecule has 0 heterocycles. The highest BCUT2D eigenvalue weighted by atomic mass is 28.4. The standard InChI is InChI=1S/C22H30O2Si/c1-22(2,3)25(5,6)24-21(19-10-8-7-9-11-19)17-14-18-12-15-20(23-4)16-13-18/h7-13,15-17H,14H2,1-6H3/b21-17-. The topological polar surface area (TPSA) is 18.5 Å². The van der Waals surface area contributed by atoms with E-state index in [0.717, 1.165) is 23.5 Å². The molecule has 0 aromatic heterocycles. The highest BCUT2D eigenvalue weighted by Crippen LogP contribution is 2.39. The van der Waals surface area contributed by atoms with Gasteiger partial charge in [-0.3, -0.25) is 0 Å². The van der Waals surface area contributed by atoms with Crippen molar-refractivity contribution >= 4 is 14.1 Å². The van der Waals surface area contributed by atoms with E-state index in [1.807, 2.05) is 18.2 Å². The van der Waals surface area contributed by atoms with E-state index in [4.69, 9.17) is 9.16 Å². The maximum absolute atomic E-state index is 6.63. The molecule has 3 heteroatoms. The first-order valence-electron chi connectivity index (χ1n) is 8.80. The predicted octanol–water partition coefficient (Wildman–Crippen LogP) is 6.30. The number of benzene rings is 2. The maximum Gasteiger partial charge on any atom is 0.250 e. The van der Waals surface area contributed by atoms with Crippen molar-refractivity contribution in [1.82, 2.24) is 0 Å². The Labute approximate surface area is 153 Å². The first kappa shape index (κ1) is 19.3. The van der Waals surface area contributed by atoms with Crippen molar-refractivity contribution in [3.8, 4) is 5.75 Å². The van der Waals surface area contributed by atoms with E-state index in [1.54, 1.807) is 7.11 Å². The molecule has 0 aliphatic rings. The second kappa shape index (κ2) is 7.92. The summed E-state index contributed by atoms with van der Waals surface area (Å²) in [6.07, 6.45) is 3.04. The Balaban J connectivity index is 2.28. The predicted molar refractivity (Wildman–Crippen MR) is 109 cm³/mol. The summed E-state index contributed by atoms with van der Waals surface area (Å²) in [7, 11) is -0.202. The van der Waals surface area contributed by atoms with Crippen LogP contribution in [0.1, 0.15) is 31.9 Å². The fourth-order valence-corrected chi connectivity index (χ4v) is 3.28. The fourth-order valence-electron chi connectivity index (χ4n) is 2.22. The number of hydrogen-bond acceptors (Lipinski definition) is 2. The molecule has 0 saturated heterocycles. The molecular weight excluding hydrogens is 324 g/mol. The average molecular weight is 355 g/mol. The van der Waals surface area contributed by atoms with Crippen LogP contribution in [-0.2, 0) is 10.8 Å². The van der Waals surface area contributed by atoms with E-state index >= 15 is 0 Å². The average Bonchev–Trinajstić information content (AvgIpc) is 2.58. The van der Waals surface area contributed by atoms with Gasteiger partial charge in [-0.15, -0.1) is 0 Å². The van der Waals surface area contributed by atoms with Crippen molar-refractivity contribution < 1.29 is 9.16 Å². The van der Waals surface area contributed by atoms with Crippen molar-refractivity contribution in [3.63, 3.8) is 0 Å². The second-order valence-corrected chi connectivity index (χ2v) is 12.6. The Morgan fingerprint density at radius 2 is 1.56 bits per heavy atom. The van der Waals surface area contributed by atoms with Crippen LogP contribution in [0.5, 0.6) is 5.75 Å². The van der Waals surface area contributed by atoms with Gasteiger partial charge in [-0.25, -0.2) is 0 Å². The second-order valence-electron chi connectivity index (χ2n) is 7.85. The highest BCUT2D eigenvalue weighted by Gasteiger charge is 2.39. The summed E-state index contributed by atoms with van der Waals surface area (Å²) in [5.41, 5.74) is 2.38. The van der Waals surface area contributed by atoms with Crippen LogP contribution in [0.15, 0.2) is 60.7 Å². The summed E-state index contributed by atoms with van der Waals surface area (Å²) in [6, 6.07) is 18.6. The third kappa shape index (κ3) is 5.23. The first-order valence-corrected chi connectivity index (χ1v) is 11.7. The molecule has 25 heavy (non-hydrogen) atoms. The van der Waals surface area contributed by atoms with E-state index in [-0.39, 0.29) is 5.04 Å². The van der Waals surface area contributed by atoms with E-state index in [1.165, 1.54) is 5.56 Å². The minimum absolute atomic E-state index is 0.168. The van der Waals surface area contributed by atoms with Gasteiger partial charge in [0.1, 0.15) is 11.5 Å². The minimum Gasteiger partial charge on any atom is -0.543 e. The lowest BCUT2D eigenvalue weighted by molar-refractivity contribution is 0.414. The Bertz CT molecular complexity index is 695. The summed E-state index contributed by atoms with van der Waals surface area (Å²) < 4.78 is 11.9. The van der Waals surface area contributed by atoms with Gasteiger partial charge in [-0.1, -0.05) is 63.2 Å². The zero-order chi connectivity index (χ0) is 18.5. The molecule has 2 aromatic rings. The normalized spacial score (nSPS) is 12.8. The van der Waals surface area contributed by atoms with Gasteiger partial charge < -0.3 is 9.16 Å². The van der Waals surface area contributed by atoms with Crippen molar-refractivity contribution in [1.29, 1.82) is 0 Å². The van der Waals surface area contributed by atoms with Gasteiger partial charge in [0.15, 0.2) is 0 Å². The summed E-state index contributed by atoms with van der Waals surface area (Å²) in [4.78, 5) is 0. The molecule has 0 radical (unpaired) electrons. The fraction of sp³-hybridized carbons (Fsp3) is 0.364. The van der Waals surface area contributed by atoms with Crippen LogP contribution in [0.4, 0.5) is 0 Å². The molecular formula is C22H30O2Si. The van der Waals surface area contributed by atoms with Crippen LogP contribution in [0.2, 0.25) is 18.1 Å². The quantitative estimate of drug-likeness (QED) is 0.447. The zero-order valence-electron chi connectivity index (χ0n) is 16.3. The van der Waals surface area contributed by atoms with E-state index in [0.29, 0.717) is 0 Å². The summed E-state index contributed by atoms with van der Waals surface area (Å²) in [5.74, 6) is 1.87. The van der Waals surface area contributed by atoms with Gasteiger partial charge in [0.25, 0.3) is 0 Å². The smallest absolute Gasteiger partial charge is 0.250 e. The molecule has 0 N–H and O–H groups in total. The molecule has 0 spiro atoms. The van der Waals surface area contributed by atoms with Crippen molar-refractivity contribution in [2.45, 2.75) is 45.3 Å². The number of methoxy groups -OCH3 is 1. The Kier molecular flexibility index (Phi) is 6.12. The molecule has 2 rings (SSSR count). The van der Waals surface area contributed by atoms with Crippen LogP contribution in [0.25, 0.3) is 5.76 Å². The summed E-state index contributed by atoms with van der Waals surface area (Å²) in [5, 5.41) is 0.168. The third-order valence-electron chi connectivity index (χ3n) is 4.91. The monoisotopic (exact) mass is 354 g/mol. The molecule has 0 amide bonds. The highest BCUT2D eigenvalue weighted by molar-refractivity contribution is 6.74. The molecule has 2 aromatic carbocycles. The molecule has 0 fully saturated rings. The molecule has 0 unspecified atom stereocenters. The van der Waals surface area contributed by atoms with Gasteiger partial charge >= 0.3 is 0 Å². The Morgan fingerprint density at radius 3 is 2.08 bits per heavy atom. The van der Waals surface area contributed by atoms with Crippen LogP contribution >= 0.6 is 0 Å². The number of hydrogen-bond donors (Lipinski definition) is 0. The van der Waals surface area contributed by atoms with E-state index in [9.17, 15) is 0 Å². The van der Waals surface area contributed by atoms with Gasteiger partial charge in [-0.2, -0.15) is 0 Å². The Morgan fingerprint density at radius 1 is 0.960 bits per heavy atom. The van der Waals surface area contributed by atoms with Crippen molar-refractivity contribution in [2.24, 2.45) is 0 Å². The third-order valence-corrected chi connectivity index (χ3v) is 9.25. The van der Waals surface area contributed by atoms with Gasteiger partial charge in [0, 0.05) is 5.56 Å². The van der Waals surface area contributed by atoms with Crippen molar-refractivity contribution in [2.75, 3.05) is 7.11 Å². The zero-order valence-corrected chi connectivity index (χ0v) is 17.3. The molecule has 134 valence electrons. The lowest BCUT2D eigenvalue weighted by Gasteiger charge is -2.37. The number of rotatable bonds is 6. The molecule has 0 atom stereocenters. The van der Waals surface area contributed by atoms with Crippen LogP contribution in [0.3, 0.4) is 0 Å². The summed E-state index contributed by atoms with van der Waals surface area (Å²) >= 11 is 0. The molecule has 0 aliphatic heterocycles. The molecule has 0 bridgehead atoms. The molecule has 2 nitrogen and oxygen atoms in total. The minimum atomic E-state index is -1.89. The Hall–Kier alpha value is -2.00. The SMILES string of the molecule is COc1ccc(C/C=C(\O[Si](C)(C)C(C)(C)C)c2ccccc2)cc1. The molecule has 0 aliphatic carbocycles. The number of allylic oxidation sites excluding steroid dienone is 1. The van der Waals surface area contributed by atoms with Gasteiger partial charge in [-0.05, 0) is 48.3 Å². The van der Waals surface area contributed by atoms with E-state index < -0.39 is 8.32 Å². The van der Waals surface area contributed by atoms with E-state index in [2.05, 4.69) is 76.3 Å². The van der Waals surface area contributed by atoms with Gasteiger partial charge in [0.05, 0.1) is 7.11 Å². The lowest BCUT2D eigenvalue weighted by atomic mass is 10.1. The first-order chi connectivity index (χ1) is 11.7. The van der Waals surface area contributed by atoms with Gasteiger partial charge in [0.2, 0.25) is 8.32 Å². The summed E-state index contributed by atoms with van der Waals surface area (Å²) in [6.45, 7) is 11.4.